The molecular weight excluding hydrogens is 397 g/mol. The van der Waals surface area contributed by atoms with Crippen molar-refractivity contribution in [2.45, 2.75) is 19.0 Å². The Morgan fingerprint density at radius 3 is 2.40 bits per heavy atom. The van der Waals surface area contributed by atoms with Crippen LogP contribution in [0, 0.1) is 0 Å². The maximum absolute atomic E-state index is 12.5. The molecule has 0 saturated carbocycles. The lowest BCUT2D eigenvalue weighted by Crippen LogP contribution is -2.26. The summed E-state index contributed by atoms with van der Waals surface area (Å²) < 4.78 is 42.8. The zero-order chi connectivity index (χ0) is 21.6. The van der Waals surface area contributed by atoms with Gasteiger partial charge in [-0.15, -0.1) is 0 Å². The minimum absolute atomic E-state index is 0.121. The second-order valence-electron chi connectivity index (χ2n) is 6.74. The van der Waals surface area contributed by atoms with Crippen molar-refractivity contribution < 1.29 is 27.5 Å². The molecule has 3 rings (SSSR count). The molecule has 0 aliphatic carbocycles. The molecule has 1 aliphatic heterocycles. The van der Waals surface area contributed by atoms with Crippen molar-refractivity contribution in [2.75, 3.05) is 24.6 Å². The lowest BCUT2D eigenvalue weighted by atomic mass is 10.2. The fourth-order valence-corrected chi connectivity index (χ4v) is 3.00. The number of nitrogens with zero attached hydrogens (tertiary/aromatic N) is 1. The van der Waals surface area contributed by atoms with Crippen LogP contribution in [0.1, 0.15) is 24.0 Å². The smallest absolute Gasteiger partial charge is 0.416 e. The first-order valence-electron chi connectivity index (χ1n) is 9.49. The summed E-state index contributed by atoms with van der Waals surface area (Å²) in [6.07, 6.45) is 0.0915. The zero-order valence-corrected chi connectivity index (χ0v) is 16.1. The van der Waals surface area contributed by atoms with Crippen molar-refractivity contribution in [3.8, 4) is 5.75 Å². The fraction of sp³-hybridized carbons (Fsp3) is 0.273. The predicted octanol–water partition coefficient (Wildman–Crippen LogP) is 4.04. The third kappa shape index (κ3) is 5.85. The molecule has 1 heterocycles. The number of amides is 2. The van der Waals surface area contributed by atoms with E-state index in [1.807, 2.05) is 24.3 Å². The third-order valence-electron chi connectivity index (χ3n) is 4.56. The van der Waals surface area contributed by atoms with E-state index in [1.54, 1.807) is 11.0 Å². The van der Waals surface area contributed by atoms with Crippen LogP contribution in [0.5, 0.6) is 5.75 Å². The highest BCUT2D eigenvalue weighted by molar-refractivity contribution is 5.95. The van der Waals surface area contributed by atoms with Gasteiger partial charge in [0.25, 0.3) is 0 Å². The third-order valence-corrected chi connectivity index (χ3v) is 4.56. The molecule has 0 spiro atoms. The Balaban J connectivity index is 1.40. The van der Waals surface area contributed by atoms with E-state index in [2.05, 4.69) is 5.32 Å². The van der Waals surface area contributed by atoms with Crippen LogP contribution in [0.25, 0.3) is 6.08 Å². The molecule has 1 N–H and O–H groups in total. The normalized spacial score (nSPS) is 14.4. The van der Waals surface area contributed by atoms with Gasteiger partial charge in [0.15, 0.2) is 0 Å². The molecule has 1 fully saturated rings. The Kier molecular flexibility index (Phi) is 6.76. The monoisotopic (exact) mass is 418 g/mol. The van der Waals surface area contributed by atoms with Crippen LogP contribution < -0.4 is 15.0 Å². The number of hydrogen-bond donors (Lipinski definition) is 1. The van der Waals surface area contributed by atoms with Crippen molar-refractivity contribution in [1.29, 1.82) is 0 Å². The molecule has 0 unspecified atom stereocenters. The summed E-state index contributed by atoms with van der Waals surface area (Å²) in [6.45, 7) is 1.06. The molecule has 5 nitrogen and oxygen atoms in total. The van der Waals surface area contributed by atoms with E-state index in [4.69, 9.17) is 4.74 Å². The Bertz CT molecular complexity index is 907. The van der Waals surface area contributed by atoms with Gasteiger partial charge in [0.05, 0.1) is 12.1 Å². The Hall–Kier alpha value is -3.29. The van der Waals surface area contributed by atoms with Crippen molar-refractivity contribution in [3.63, 3.8) is 0 Å². The highest BCUT2D eigenvalue weighted by Gasteiger charge is 2.30. The number of hydrogen-bond acceptors (Lipinski definition) is 3. The van der Waals surface area contributed by atoms with Crippen LogP contribution in [0.3, 0.4) is 0 Å². The molecule has 0 bridgehead atoms. The Labute approximate surface area is 172 Å². The fourth-order valence-electron chi connectivity index (χ4n) is 3.00. The second kappa shape index (κ2) is 9.47. The van der Waals surface area contributed by atoms with Gasteiger partial charge in [-0.25, -0.2) is 0 Å². The molecule has 0 atom stereocenters. The first-order chi connectivity index (χ1) is 14.3. The van der Waals surface area contributed by atoms with Crippen LogP contribution in [0.4, 0.5) is 18.9 Å². The predicted molar refractivity (Wildman–Crippen MR) is 107 cm³/mol. The Morgan fingerprint density at radius 1 is 1.10 bits per heavy atom. The van der Waals surface area contributed by atoms with E-state index in [0.717, 1.165) is 36.3 Å². The summed E-state index contributed by atoms with van der Waals surface area (Å²) in [6, 6.07) is 11.7. The maximum Gasteiger partial charge on any atom is 0.416 e. The molecule has 2 aromatic rings. The highest BCUT2D eigenvalue weighted by atomic mass is 19.4. The van der Waals surface area contributed by atoms with E-state index >= 15 is 0 Å². The van der Waals surface area contributed by atoms with Crippen LogP contribution in [0.15, 0.2) is 54.6 Å². The molecule has 8 heteroatoms. The van der Waals surface area contributed by atoms with Crippen molar-refractivity contribution in [3.05, 3.63) is 65.7 Å². The number of benzene rings is 2. The van der Waals surface area contributed by atoms with Gasteiger partial charge in [-0.2, -0.15) is 13.2 Å². The lowest BCUT2D eigenvalue weighted by molar-refractivity contribution is -0.137. The summed E-state index contributed by atoms with van der Waals surface area (Å²) in [7, 11) is 0. The standard InChI is InChI=1S/C22H21F3N2O3/c23-22(24,25)17-6-10-19(11-7-17)30-15-13-26-20(28)12-5-16-3-8-18(9-4-16)27-14-1-2-21(27)29/h3-12H,1-2,13-15H2,(H,26,28). The number of alkyl halides is 3. The quantitative estimate of drug-likeness (QED) is 0.545. The van der Waals surface area contributed by atoms with Gasteiger partial charge in [-0.1, -0.05) is 12.1 Å². The molecule has 158 valence electrons. The summed E-state index contributed by atoms with van der Waals surface area (Å²) in [5.74, 6) is 0.102. The maximum atomic E-state index is 12.5. The minimum atomic E-state index is -4.38. The molecule has 0 radical (unpaired) electrons. The number of ether oxygens (including phenoxy) is 1. The molecule has 2 aromatic carbocycles. The largest absolute Gasteiger partial charge is 0.492 e. The SMILES string of the molecule is O=C(C=Cc1ccc(N2CCCC2=O)cc1)NCCOc1ccc(C(F)(F)F)cc1. The molecular formula is C22H21F3N2O3. The lowest BCUT2D eigenvalue weighted by Gasteiger charge is -2.15. The summed E-state index contributed by atoms with van der Waals surface area (Å²) in [5.41, 5.74) is 0.925. The first-order valence-corrected chi connectivity index (χ1v) is 9.49. The number of carbonyl (C=O) groups excluding carboxylic acids is 2. The number of carbonyl (C=O) groups is 2. The number of halogens is 3. The molecule has 0 aromatic heterocycles. The van der Waals surface area contributed by atoms with Crippen molar-refractivity contribution in [1.82, 2.24) is 5.32 Å². The van der Waals surface area contributed by atoms with Crippen LogP contribution in [0.2, 0.25) is 0 Å². The average molecular weight is 418 g/mol. The van der Waals surface area contributed by atoms with E-state index in [0.29, 0.717) is 12.2 Å². The van der Waals surface area contributed by atoms with Gasteiger partial charge < -0.3 is 15.0 Å². The van der Waals surface area contributed by atoms with E-state index < -0.39 is 11.7 Å². The highest BCUT2D eigenvalue weighted by Crippen LogP contribution is 2.30. The molecule has 1 saturated heterocycles. The van der Waals surface area contributed by atoms with Gasteiger partial charge in [-0.05, 0) is 54.5 Å². The Morgan fingerprint density at radius 2 is 1.80 bits per heavy atom. The van der Waals surface area contributed by atoms with E-state index in [-0.39, 0.29) is 25.0 Å². The average Bonchev–Trinajstić information content (AvgIpc) is 3.15. The van der Waals surface area contributed by atoms with Crippen LogP contribution in [-0.4, -0.2) is 31.5 Å². The van der Waals surface area contributed by atoms with Gasteiger partial charge in [-0.3, -0.25) is 9.59 Å². The van der Waals surface area contributed by atoms with Crippen molar-refractivity contribution >= 4 is 23.6 Å². The second-order valence-corrected chi connectivity index (χ2v) is 6.74. The molecule has 2 amide bonds. The van der Waals surface area contributed by atoms with E-state index in [1.165, 1.54) is 18.2 Å². The van der Waals surface area contributed by atoms with Crippen LogP contribution in [-0.2, 0) is 15.8 Å². The van der Waals surface area contributed by atoms with Gasteiger partial charge >= 0.3 is 6.18 Å². The van der Waals surface area contributed by atoms with Crippen molar-refractivity contribution in [2.24, 2.45) is 0 Å². The summed E-state index contributed by atoms with van der Waals surface area (Å²) in [5, 5.41) is 2.64. The minimum Gasteiger partial charge on any atom is -0.492 e. The van der Waals surface area contributed by atoms with Gasteiger partial charge in [0.2, 0.25) is 11.8 Å². The van der Waals surface area contributed by atoms with Gasteiger partial charge in [0.1, 0.15) is 12.4 Å². The number of rotatable bonds is 7. The molecule has 30 heavy (non-hydrogen) atoms. The zero-order valence-electron chi connectivity index (χ0n) is 16.1. The first kappa shape index (κ1) is 21.4. The summed E-state index contributed by atoms with van der Waals surface area (Å²) in [4.78, 5) is 25.4. The summed E-state index contributed by atoms with van der Waals surface area (Å²) >= 11 is 0. The number of anilines is 1. The van der Waals surface area contributed by atoms with Gasteiger partial charge in [0, 0.05) is 24.7 Å². The number of nitrogens with one attached hydrogen (secondary N) is 1. The van der Waals surface area contributed by atoms with Crippen LogP contribution >= 0.6 is 0 Å². The van der Waals surface area contributed by atoms with E-state index in [9.17, 15) is 22.8 Å². The topological polar surface area (TPSA) is 58.6 Å². The molecule has 1 aliphatic rings.